The lowest BCUT2D eigenvalue weighted by molar-refractivity contribution is -0.186. The SMILES string of the molecule is COc1ccc(CNc2ccc3c(c2)C(OCCc2ccccc2)C(OC(=O)CC(C)(C)C)C(C)(C)O3)cc1. The van der Waals surface area contributed by atoms with Crippen LogP contribution in [-0.2, 0) is 27.2 Å². The van der Waals surface area contributed by atoms with Crippen LogP contribution in [0.5, 0.6) is 11.5 Å². The summed E-state index contributed by atoms with van der Waals surface area (Å²) in [5.41, 5.74) is 3.18. The van der Waals surface area contributed by atoms with E-state index in [0.717, 1.165) is 34.7 Å². The zero-order valence-electron chi connectivity index (χ0n) is 24.0. The molecule has 0 bridgehead atoms. The monoisotopic (exact) mass is 531 g/mol. The highest BCUT2D eigenvalue weighted by Gasteiger charge is 2.47. The molecule has 0 saturated heterocycles. The number of ether oxygens (including phenoxy) is 4. The van der Waals surface area contributed by atoms with Crippen molar-refractivity contribution >= 4 is 11.7 Å². The molecular weight excluding hydrogens is 490 g/mol. The lowest BCUT2D eigenvalue weighted by Gasteiger charge is -2.44. The van der Waals surface area contributed by atoms with E-state index in [9.17, 15) is 4.79 Å². The van der Waals surface area contributed by atoms with Crippen molar-refractivity contribution in [1.82, 2.24) is 0 Å². The number of nitrogens with one attached hydrogen (secondary N) is 1. The summed E-state index contributed by atoms with van der Waals surface area (Å²) in [5.74, 6) is 1.32. The highest BCUT2D eigenvalue weighted by atomic mass is 16.6. The fraction of sp³-hybridized carbons (Fsp3) is 0.424. The third kappa shape index (κ3) is 7.76. The molecule has 2 unspecified atom stereocenters. The summed E-state index contributed by atoms with van der Waals surface area (Å²) in [6, 6.07) is 24.2. The van der Waals surface area contributed by atoms with E-state index in [0.29, 0.717) is 19.6 Å². The number of esters is 1. The first-order valence-corrected chi connectivity index (χ1v) is 13.6. The van der Waals surface area contributed by atoms with Crippen molar-refractivity contribution in [3.63, 3.8) is 0 Å². The van der Waals surface area contributed by atoms with Crippen LogP contribution in [0, 0.1) is 5.41 Å². The van der Waals surface area contributed by atoms with Gasteiger partial charge >= 0.3 is 5.97 Å². The normalized spacial score (nSPS) is 18.0. The van der Waals surface area contributed by atoms with E-state index in [4.69, 9.17) is 18.9 Å². The molecule has 1 heterocycles. The van der Waals surface area contributed by atoms with Gasteiger partial charge in [0, 0.05) is 17.8 Å². The summed E-state index contributed by atoms with van der Waals surface area (Å²) in [4.78, 5) is 13.0. The molecule has 6 nitrogen and oxygen atoms in total. The molecule has 1 aliphatic heterocycles. The van der Waals surface area contributed by atoms with E-state index in [1.165, 1.54) is 5.56 Å². The quantitative estimate of drug-likeness (QED) is 0.281. The lowest BCUT2D eigenvalue weighted by Crippen LogP contribution is -2.52. The van der Waals surface area contributed by atoms with Crippen molar-refractivity contribution < 1.29 is 23.7 Å². The average Bonchev–Trinajstić information content (AvgIpc) is 2.89. The van der Waals surface area contributed by atoms with Crippen LogP contribution >= 0.6 is 0 Å². The molecule has 39 heavy (non-hydrogen) atoms. The third-order valence-electron chi connectivity index (χ3n) is 6.77. The van der Waals surface area contributed by atoms with Crippen molar-refractivity contribution in [3.05, 3.63) is 89.5 Å². The van der Waals surface area contributed by atoms with Crippen LogP contribution in [0.3, 0.4) is 0 Å². The summed E-state index contributed by atoms with van der Waals surface area (Å²) in [7, 11) is 1.66. The second kappa shape index (κ2) is 12.1. The summed E-state index contributed by atoms with van der Waals surface area (Å²) in [6.07, 6.45) is -0.00913. The van der Waals surface area contributed by atoms with Crippen LogP contribution in [0.2, 0.25) is 0 Å². The Hall–Kier alpha value is -3.51. The van der Waals surface area contributed by atoms with Crippen LogP contribution in [0.15, 0.2) is 72.8 Å². The molecule has 3 aromatic rings. The number of methoxy groups -OCH3 is 1. The van der Waals surface area contributed by atoms with Gasteiger partial charge in [0.2, 0.25) is 0 Å². The van der Waals surface area contributed by atoms with E-state index >= 15 is 0 Å². The van der Waals surface area contributed by atoms with Crippen molar-refractivity contribution in [2.24, 2.45) is 5.41 Å². The van der Waals surface area contributed by atoms with E-state index in [2.05, 4.69) is 17.4 Å². The number of hydrogen-bond donors (Lipinski definition) is 1. The predicted molar refractivity (Wildman–Crippen MR) is 154 cm³/mol. The van der Waals surface area contributed by atoms with Gasteiger partial charge in [-0.2, -0.15) is 0 Å². The number of hydrogen-bond acceptors (Lipinski definition) is 6. The zero-order chi connectivity index (χ0) is 28.0. The first-order chi connectivity index (χ1) is 18.5. The minimum Gasteiger partial charge on any atom is -0.497 e. The Balaban J connectivity index is 1.58. The number of benzene rings is 3. The van der Waals surface area contributed by atoms with Crippen LogP contribution < -0.4 is 14.8 Å². The van der Waals surface area contributed by atoms with Gasteiger partial charge < -0.3 is 24.3 Å². The maximum Gasteiger partial charge on any atom is 0.306 e. The summed E-state index contributed by atoms with van der Waals surface area (Å²) in [5, 5.41) is 3.50. The van der Waals surface area contributed by atoms with Gasteiger partial charge in [-0.3, -0.25) is 4.79 Å². The van der Waals surface area contributed by atoms with Gasteiger partial charge in [-0.1, -0.05) is 63.2 Å². The zero-order valence-corrected chi connectivity index (χ0v) is 24.0. The molecule has 1 N–H and O–H groups in total. The number of carbonyl (C=O) groups excluding carboxylic acids is 1. The fourth-order valence-corrected chi connectivity index (χ4v) is 4.74. The Morgan fingerprint density at radius 2 is 1.69 bits per heavy atom. The molecule has 6 heteroatoms. The molecular formula is C33H41NO5. The Morgan fingerprint density at radius 3 is 2.36 bits per heavy atom. The average molecular weight is 532 g/mol. The van der Waals surface area contributed by atoms with Crippen molar-refractivity contribution in [2.45, 2.75) is 71.8 Å². The van der Waals surface area contributed by atoms with Crippen molar-refractivity contribution in [3.8, 4) is 11.5 Å². The van der Waals surface area contributed by atoms with Crippen LogP contribution in [0.1, 0.15) is 63.8 Å². The van der Waals surface area contributed by atoms with Crippen LogP contribution in [-0.4, -0.2) is 31.4 Å². The molecule has 0 saturated carbocycles. The highest BCUT2D eigenvalue weighted by molar-refractivity contribution is 5.70. The molecule has 0 fully saturated rings. The van der Waals surface area contributed by atoms with Gasteiger partial charge in [0.05, 0.1) is 20.1 Å². The second-order valence-corrected chi connectivity index (χ2v) is 11.8. The fourth-order valence-electron chi connectivity index (χ4n) is 4.74. The molecule has 2 atom stereocenters. The van der Waals surface area contributed by atoms with E-state index < -0.39 is 17.8 Å². The molecule has 0 amide bonds. The molecule has 0 radical (unpaired) electrons. The molecule has 0 aliphatic carbocycles. The number of anilines is 1. The van der Waals surface area contributed by atoms with E-state index in [1.54, 1.807) is 7.11 Å². The van der Waals surface area contributed by atoms with Crippen LogP contribution in [0.4, 0.5) is 5.69 Å². The lowest BCUT2D eigenvalue weighted by atomic mass is 9.87. The molecule has 1 aliphatic rings. The molecule has 0 spiro atoms. The van der Waals surface area contributed by atoms with Gasteiger partial charge in [0.1, 0.15) is 23.2 Å². The van der Waals surface area contributed by atoms with Gasteiger partial charge in [-0.25, -0.2) is 0 Å². The third-order valence-corrected chi connectivity index (χ3v) is 6.77. The largest absolute Gasteiger partial charge is 0.497 e. The van der Waals surface area contributed by atoms with Gasteiger partial charge in [-0.05, 0) is 67.1 Å². The summed E-state index contributed by atoms with van der Waals surface area (Å²) >= 11 is 0. The topological polar surface area (TPSA) is 66.0 Å². The highest BCUT2D eigenvalue weighted by Crippen LogP contribution is 2.45. The van der Waals surface area contributed by atoms with Gasteiger partial charge in [-0.15, -0.1) is 0 Å². The smallest absolute Gasteiger partial charge is 0.306 e. The van der Waals surface area contributed by atoms with E-state index in [-0.39, 0.29) is 11.4 Å². The summed E-state index contributed by atoms with van der Waals surface area (Å²) in [6.45, 7) is 11.1. The molecule has 4 rings (SSSR count). The first-order valence-electron chi connectivity index (χ1n) is 13.6. The van der Waals surface area contributed by atoms with Crippen LogP contribution in [0.25, 0.3) is 0 Å². The molecule has 3 aromatic carbocycles. The Bertz CT molecular complexity index is 1230. The Morgan fingerprint density at radius 1 is 0.974 bits per heavy atom. The number of carbonyl (C=O) groups is 1. The second-order valence-electron chi connectivity index (χ2n) is 11.8. The van der Waals surface area contributed by atoms with Crippen molar-refractivity contribution in [2.75, 3.05) is 19.0 Å². The Labute approximate surface area is 232 Å². The number of rotatable bonds is 10. The van der Waals surface area contributed by atoms with Gasteiger partial charge in [0.25, 0.3) is 0 Å². The minimum atomic E-state index is -0.768. The first kappa shape index (κ1) is 28.5. The number of fused-ring (bicyclic) bond motifs is 1. The Kier molecular flexibility index (Phi) is 8.86. The molecule has 208 valence electrons. The molecule has 0 aromatic heterocycles. The minimum absolute atomic E-state index is 0.184. The summed E-state index contributed by atoms with van der Waals surface area (Å²) < 4.78 is 24.3. The predicted octanol–water partition coefficient (Wildman–Crippen LogP) is 7.13. The van der Waals surface area contributed by atoms with Gasteiger partial charge in [0.15, 0.2) is 6.10 Å². The maximum absolute atomic E-state index is 13.0. The standard InChI is InChI=1S/C33H41NO5/c1-32(2,3)21-29(35)38-31-30(37-19-18-23-10-8-7-9-11-23)27-20-25(14-17-28(27)39-33(31,4)5)34-22-24-12-15-26(36-6)16-13-24/h7-17,20,30-31,34H,18-19,21-22H2,1-6H3. The maximum atomic E-state index is 13.0. The van der Waals surface area contributed by atoms with E-state index in [1.807, 2.05) is 95.3 Å². The van der Waals surface area contributed by atoms with Crippen molar-refractivity contribution in [1.29, 1.82) is 0 Å².